The summed E-state index contributed by atoms with van der Waals surface area (Å²) in [4.78, 5) is 0. The third kappa shape index (κ3) is 3.06. The van der Waals surface area contributed by atoms with E-state index >= 15 is 0 Å². The lowest BCUT2D eigenvalue weighted by Gasteiger charge is -2.18. The van der Waals surface area contributed by atoms with Gasteiger partial charge >= 0.3 is 0 Å². The molecule has 2 nitrogen and oxygen atoms in total. The molecule has 1 saturated heterocycles. The number of ether oxygens (including phenoxy) is 1. The molecule has 0 saturated carbocycles. The second-order valence-corrected chi connectivity index (χ2v) is 5.83. The Kier molecular flexibility index (Phi) is 4.82. The molecule has 1 fully saturated rings. The van der Waals surface area contributed by atoms with Crippen LogP contribution >= 0.6 is 27.3 Å². The van der Waals surface area contributed by atoms with Gasteiger partial charge in [0.2, 0.25) is 0 Å². The zero-order valence-corrected chi connectivity index (χ0v) is 11.9. The number of nitrogens with one attached hydrogen (secondary N) is 1. The number of hydrogen-bond donors (Lipinski definition) is 1. The Morgan fingerprint density at radius 2 is 2.50 bits per heavy atom. The summed E-state index contributed by atoms with van der Waals surface area (Å²) in [5.74, 6) is 0. The van der Waals surface area contributed by atoms with Gasteiger partial charge in [-0.2, -0.15) is 11.3 Å². The molecule has 0 bridgehead atoms. The molecule has 0 aromatic carbocycles. The highest BCUT2D eigenvalue weighted by molar-refractivity contribution is 9.10. The van der Waals surface area contributed by atoms with Gasteiger partial charge in [0.05, 0.1) is 6.10 Å². The Hall–Kier alpha value is 0.100. The van der Waals surface area contributed by atoms with Crippen LogP contribution in [0.2, 0.25) is 0 Å². The lowest BCUT2D eigenvalue weighted by Crippen LogP contribution is -2.18. The summed E-state index contributed by atoms with van der Waals surface area (Å²) in [7, 11) is 2.03. The van der Waals surface area contributed by atoms with Crippen LogP contribution in [0.1, 0.15) is 37.3 Å². The minimum Gasteiger partial charge on any atom is -0.378 e. The smallest absolute Gasteiger partial charge is 0.0576 e. The van der Waals surface area contributed by atoms with E-state index in [0.29, 0.717) is 12.1 Å². The quantitative estimate of drug-likeness (QED) is 0.895. The van der Waals surface area contributed by atoms with Crippen molar-refractivity contribution in [3.8, 4) is 0 Å². The first-order valence-corrected chi connectivity index (χ1v) is 7.55. The molecule has 1 aliphatic heterocycles. The molecule has 2 atom stereocenters. The maximum absolute atomic E-state index is 5.66. The summed E-state index contributed by atoms with van der Waals surface area (Å²) < 4.78 is 6.88. The molecular weight excluding hydrogens is 286 g/mol. The Bertz CT molecular complexity index is 323. The average Bonchev–Trinajstić information content (AvgIpc) is 2.92. The third-order valence-electron chi connectivity index (χ3n) is 3.17. The number of halogens is 1. The topological polar surface area (TPSA) is 21.3 Å². The van der Waals surface area contributed by atoms with Crippen molar-refractivity contribution in [2.75, 3.05) is 13.7 Å². The lowest BCUT2D eigenvalue weighted by molar-refractivity contribution is 0.0998. The third-order valence-corrected chi connectivity index (χ3v) is 4.92. The van der Waals surface area contributed by atoms with Crippen LogP contribution in [-0.4, -0.2) is 19.8 Å². The van der Waals surface area contributed by atoms with E-state index in [1.54, 1.807) is 11.3 Å². The minimum atomic E-state index is 0.449. The Labute approximate surface area is 110 Å². The molecule has 16 heavy (non-hydrogen) atoms. The molecular formula is C12H18BrNOS. The van der Waals surface area contributed by atoms with Gasteiger partial charge in [0.1, 0.15) is 0 Å². The van der Waals surface area contributed by atoms with Crippen molar-refractivity contribution in [1.29, 1.82) is 0 Å². The van der Waals surface area contributed by atoms with Crippen molar-refractivity contribution in [3.63, 3.8) is 0 Å². The summed E-state index contributed by atoms with van der Waals surface area (Å²) >= 11 is 5.35. The van der Waals surface area contributed by atoms with Gasteiger partial charge in [0.25, 0.3) is 0 Å². The van der Waals surface area contributed by atoms with E-state index in [0.717, 1.165) is 19.4 Å². The Morgan fingerprint density at radius 1 is 1.62 bits per heavy atom. The van der Waals surface area contributed by atoms with Crippen LogP contribution in [-0.2, 0) is 4.74 Å². The van der Waals surface area contributed by atoms with Gasteiger partial charge < -0.3 is 10.1 Å². The van der Waals surface area contributed by atoms with Crippen molar-refractivity contribution in [2.45, 2.75) is 37.8 Å². The zero-order valence-electron chi connectivity index (χ0n) is 9.54. The van der Waals surface area contributed by atoms with E-state index in [4.69, 9.17) is 4.74 Å². The molecule has 4 heteroatoms. The van der Waals surface area contributed by atoms with Gasteiger partial charge in [-0.25, -0.2) is 0 Å². The van der Waals surface area contributed by atoms with Crippen LogP contribution in [0.25, 0.3) is 0 Å². The predicted molar refractivity (Wildman–Crippen MR) is 72.0 cm³/mol. The molecule has 0 radical (unpaired) electrons. The standard InChI is InChI=1S/C12H18BrNOS/c1-14-12(10-7-16-8-11(10)13)5-4-9-3-2-6-15-9/h7-9,12,14H,2-6H2,1H3. The van der Waals surface area contributed by atoms with E-state index in [1.165, 1.54) is 22.9 Å². The van der Waals surface area contributed by atoms with Crippen LogP contribution in [0.4, 0.5) is 0 Å². The van der Waals surface area contributed by atoms with Crippen molar-refractivity contribution >= 4 is 27.3 Å². The molecule has 0 spiro atoms. The van der Waals surface area contributed by atoms with Gasteiger partial charge in [0.15, 0.2) is 0 Å². The second kappa shape index (κ2) is 6.15. The van der Waals surface area contributed by atoms with Crippen molar-refractivity contribution in [2.24, 2.45) is 0 Å². The van der Waals surface area contributed by atoms with Gasteiger partial charge in [-0.1, -0.05) is 0 Å². The monoisotopic (exact) mass is 303 g/mol. The van der Waals surface area contributed by atoms with Gasteiger partial charge in [-0.15, -0.1) is 0 Å². The summed E-state index contributed by atoms with van der Waals surface area (Å²) in [6.45, 7) is 0.955. The van der Waals surface area contributed by atoms with E-state index in [9.17, 15) is 0 Å². The largest absolute Gasteiger partial charge is 0.378 e. The van der Waals surface area contributed by atoms with Crippen LogP contribution in [0.15, 0.2) is 15.2 Å². The number of hydrogen-bond acceptors (Lipinski definition) is 3. The van der Waals surface area contributed by atoms with E-state index < -0.39 is 0 Å². The molecule has 0 amide bonds. The van der Waals surface area contributed by atoms with E-state index in [-0.39, 0.29) is 0 Å². The van der Waals surface area contributed by atoms with Crippen LogP contribution < -0.4 is 5.32 Å². The first kappa shape index (κ1) is 12.6. The molecule has 1 aliphatic rings. The fourth-order valence-electron chi connectivity index (χ4n) is 2.22. The van der Waals surface area contributed by atoms with Gasteiger partial charge in [-0.05, 0) is 59.6 Å². The fraction of sp³-hybridized carbons (Fsp3) is 0.667. The molecule has 2 heterocycles. The predicted octanol–water partition coefficient (Wildman–Crippen LogP) is 3.73. The molecule has 0 aliphatic carbocycles. The molecule has 2 unspecified atom stereocenters. The number of thiophene rings is 1. The van der Waals surface area contributed by atoms with Gasteiger partial charge in [0, 0.05) is 22.5 Å². The maximum atomic E-state index is 5.66. The van der Waals surface area contributed by atoms with E-state index in [1.807, 2.05) is 7.05 Å². The molecule has 2 rings (SSSR count). The first-order valence-electron chi connectivity index (χ1n) is 5.81. The first-order chi connectivity index (χ1) is 7.81. The summed E-state index contributed by atoms with van der Waals surface area (Å²) in [5, 5.41) is 7.76. The highest BCUT2D eigenvalue weighted by atomic mass is 79.9. The number of rotatable bonds is 5. The Balaban J connectivity index is 1.88. The normalized spacial score (nSPS) is 22.5. The van der Waals surface area contributed by atoms with Gasteiger partial charge in [-0.3, -0.25) is 0 Å². The molecule has 1 aromatic heterocycles. The summed E-state index contributed by atoms with van der Waals surface area (Å²) in [6, 6.07) is 0.449. The molecule has 1 aromatic rings. The zero-order chi connectivity index (χ0) is 11.4. The SMILES string of the molecule is CNC(CCC1CCCO1)c1cscc1Br. The van der Waals surface area contributed by atoms with Crippen molar-refractivity contribution in [3.05, 3.63) is 20.8 Å². The van der Waals surface area contributed by atoms with Crippen molar-refractivity contribution in [1.82, 2.24) is 5.32 Å². The molecule has 1 N–H and O–H groups in total. The summed E-state index contributed by atoms with van der Waals surface area (Å²) in [5.41, 5.74) is 1.38. The summed E-state index contributed by atoms with van der Waals surface area (Å²) in [6.07, 6.45) is 5.27. The van der Waals surface area contributed by atoms with Crippen LogP contribution in [0.5, 0.6) is 0 Å². The fourth-order valence-corrected chi connectivity index (χ4v) is 3.85. The molecule has 90 valence electrons. The van der Waals surface area contributed by atoms with Crippen molar-refractivity contribution < 1.29 is 4.74 Å². The Morgan fingerprint density at radius 3 is 3.06 bits per heavy atom. The second-order valence-electron chi connectivity index (χ2n) is 4.23. The van der Waals surface area contributed by atoms with E-state index in [2.05, 4.69) is 32.0 Å². The average molecular weight is 304 g/mol. The van der Waals surface area contributed by atoms with Crippen LogP contribution in [0, 0.1) is 0 Å². The maximum Gasteiger partial charge on any atom is 0.0576 e. The minimum absolute atomic E-state index is 0.449. The highest BCUT2D eigenvalue weighted by Crippen LogP contribution is 2.31. The highest BCUT2D eigenvalue weighted by Gasteiger charge is 2.19. The lowest BCUT2D eigenvalue weighted by atomic mass is 10.0. The van der Waals surface area contributed by atoms with Crippen LogP contribution in [0.3, 0.4) is 0 Å².